The summed E-state index contributed by atoms with van der Waals surface area (Å²) in [6.45, 7) is 6.27. The first-order valence-electron chi connectivity index (χ1n) is 11.0. The number of aromatic nitrogens is 1. The first kappa shape index (κ1) is 22.5. The molecule has 168 valence electrons. The molecule has 2 unspecified atom stereocenters. The molecule has 1 heterocycles. The van der Waals surface area contributed by atoms with E-state index in [-0.39, 0.29) is 39.3 Å². The molecule has 5 nitrogen and oxygen atoms in total. The average Bonchev–Trinajstić information content (AvgIpc) is 2.75. The summed E-state index contributed by atoms with van der Waals surface area (Å²) in [5.41, 5.74) is 1.60. The zero-order chi connectivity index (χ0) is 23.2. The molecule has 0 spiro atoms. The van der Waals surface area contributed by atoms with Crippen molar-refractivity contribution in [1.82, 2.24) is 4.98 Å². The minimum atomic E-state index is -0.866. The third-order valence-electron chi connectivity index (χ3n) is 7.05. The van der Waals surface area contributed by atoms with Crippen molar-refractivity contribution in [2.45, 2.75) is 57.9 Å². The van der Waals surface area contributed by atoms with E-state index in [1.165, 1.54) is 0 Å². The van der Waals surface area contributed by atoms with E-state index in [1.807, 2.05) is 18.2 Å². The standard InChI is InChI=1S/C25H27ClFN3O2/c1-25(2,3)16-10-8-13(9-11-16)18-17(12-28)22(26)30-23(20(18)27)29-21-15-6-4-14(5-7-15)19(21)24(31)32/h8-11,14-15,19,21H,4-7H2,1-3H3,(H,29,30)(H,31,32). The summed E-state index contributed by atoms with van der Waals surface area (Å²) >= 11 is 6.30. The van der Waals surface area contributed by atoms with Crippen LogP contribution < -0.4 is 5.32 Å². The van der Waals surface area contributed by atoms with E-state index >= 15 is 4.39 Å². The summed E-state index contributed by atoms with van der Waals surface area (Å²) in [4.78, 5) is 16.1. The van der Waals surface area contributed by atoms with Crippen LogP contribution in [0, 0.1) is 34.9 Å². The molecule has 1 aromatic carbocycles. The number of carbonyl (C=O) groups is 1. The Morgan fingerprint density at radius 1 is 1.19 bits per heavy atom. The van der Waals surface area contributed by atoms with Crippen LogP contribution in [0.2, 0.25) is 5.15 Å². The molecule has 7 heteroatoms. The summed E-state index contributed by atoms with van der Waals surface area (Å²) in [7, 11) is 0. The summed E-state index contributed by atoms with van der Waals surface area (Å²) < 4.78 is 15.8. The quantitative estimate of drug-likeness (QED) is 0.551. The number of rotatable bonds is 4. The molecule has 5 rings (SSSR count). The molecule has 0 radical (unpaired) electrons. The van der Waals surface area contributed by atoms with Crippen LogP contribution in [-0.2, 0) is 10.2 Å². The Balaban J connectivity index is 1.76. The lowest BCUT2D eigenvalue weighted by Gasteiger charge is -2.47. The number of nitrogens with one attached hydrogen (secondary N) is 1. The van der Waals surface area contributed by atoms with E-state index in [4.69, 9.17) is 11.6 Å². The highest BCUT2D eigenvalue weighted by molar-refractivity contribution is 6.31. The van der Waals surface area contributed by atoms with E-state index in [1.54, 1.807) is 12.1 Å². The number of carboxylic acid groups (broad SMARTS) is 1. The zero-order valence-electron chi connectivity index (χ0n) is 18.5. The number of nitriles is 1. The maximum atomic E-state index is 15.8. The number of carboxylic acids is 1. The molecule has 1 aromatic heterocycles. The van der Waals surface area contributed by atoms with Crippen molar-refractivity contribution in [3.63, 3.8) is 0 Å². The number of halogens is 2. The van der Waals surface area contributed by atoms with Crippen molar-refractivity contribution in [2.75, 3.05) is 5.32 Å². The lowest BCUT2D eigenvalue weighted by atomic mass is 9.61. The van der Waals surface area contributed by atoms with E-state index in [2.05, 4.69) is 31.1 Å². The lowest BCUT2D eigenvalue weighted by Crippen LogP contribution is -2.51. The van der Waals surface area contributed by atoms with Gasteiger partial charge in [0.25, 0.3) is 0 Å². The third-order valence-corrected chi connectivity index (χ3v) is 7.33. The van der Waals surface area contributed by atoms with E-state index in [9.17, 15) is 15.2 Å². The number of nitrogens with zero attached hydrogens (tertiary/aromatic N) is 2. The van der Waals surface area contributed by atoms with Crippen LogP contribution in [0.15, 0.2) is 24.3 Å². The van der Waals surface area contributed by atoms with Crippen LogP contribution in [0.4, 0.5) is 10.2 Å². The van der Waals surface area contributed by atoms with Crippen LogP contribution in [0.1, 0.15) is 57.6 Å². The Morgan fingerprint density at radius 3 is 2.31 bits per heavy atom. The van der Waals surface area contributed by atoms with Crippen LogP contribution in [-0.4, -0.2) is 22.1 Å². The summed E-state index contributed by atoms with van der Waals surface area (Å²) in [5, 5.41) is 22.4. The van der Waals surface area contributed by atoms with Crippen LogP contribution in [0.5, 0.6) is 0 Å². The second kappa shape index (κ2) is 8.37. The van der Waals surface area contributed by atoms with Crippen LogP contribution >= 0.6 is 11.6 Å². The van der Waals surface area contributed by atoms with Gasteiger partial charge in [0.15, 0.2) is 11.6 Å². The summed E-state index contributed by atoms with van der Waals surface area (Å²) in [5.74, 6) is -2.00. The van der Waals surface area contributed by atoms with Crippen LogP contribution in [0.3, 0.4) is 0 Å². The van der Waals surface area contributed by atoms with Gasteiger partial charge < -0.3 is 10.4 Å². The minimum absolute atomic E-state index is 0.0295. The number of fused-ring (bicyclic) bond motifs is 3. The monoisotopic (exact) mass is 455 g/mol. The van der Waals surface area contributed by atoms with Crippen molar-refractivity contribution in [3.05, 3.63) is 46.4 Å². The van der Waals surface area contributed by atoms with Gasteiger partial charge in [-0.3, -0.25) is 4.79 Å². The second-order valence-corrected chi connectivity index (χ2v) is 10.3. The van der Waals surface area contributed by atoms with Gasteiger partial charge in [-0.05, 0) is 54.1 Å². The van der Waals surface area contributed by atoms with E-state index < -0.39 is 23.7 Å². The lowest BCUT2D eigenvalue weighted by molar-refractivity contribution is -0.148. The third kappa shape index (κ3) is 3.95. The Hall–Kier alpha value is -2.65. The SMILES string of the molecule is CC(C)(C)c1ccc(-c2c(F)c(NC3C4CCC(CC4)C3C(=O)O)nc(Cl)c2C#N)cc1. The smallest absolute Gasteiger partial charge is 0.308 e. The first-order valence-corrected chi connectivity index (χ1v) is 11.4. The fourth-order valence-corrected chi connectivity index (χ4v) is 5.53. The molecule has 2 aromatic rings. The Bertz CT molecular complexity index is 1080. The van der Waals surface area contributed by atoms with Gasteiger partial charge in [0.2, 0.25) is 0 Å². The van der Waals surface area contributed by atoms with Gasteiger partial charge >= 0.3 is 5.97 Å². The Labute approximate surface area is 192 Å². The molecule has 2 bridgehead atoms. The minimum Gasteiger partial charge on any atom is -0.481 e. The molecule has 3 aliphatic carbocycles. The summed E-state index contributed by atoms with van der Waals surface area (Å²) in [6, 6.07) is 8.95. The Kier molecular flexibility index (Phi) is 5.89. The Morgan fingerprint density at radius 2 is 1.78 bits per heavy atom. The van der Waals surface area contributed by atoms with Crippen molar-refractivity contribution in [3.8, 4) is 17.2 Å². The highest BCUT2D eigenvalue weighted by atomic mass is 35.5. The number of hydrogen-bond donors (Lipinski definition) is 2. The van der Waals surface area contributed by atoms with Gasteiger partial charge in [-0.15, -0.1) is 0 Å². The molecule has 32 heavy (non-hydrogen) atoms. The largest absolute Gasteiger partial charge is 0.481 e. The maximum absolute atomic E-state index is 15.8. The molecule has 0 amide bonds. The van der Waals surface area contributed by atoms with Gasteiger partial charge in [0, 0.05) is 11.6 Å². The van der Waals surface area contributed by atoms with E-state index in [0.29, 0.717) is 5.56 Å². The van der Waals surface area contributed by atoms with E-state index in [0.717, 1.165) is 31.2 Å². The van der Waals surface area contributed by atoms with Crippen molar-refractivity contribution in [2.24, 2.45) is 17.8 Å². The van der Waals surface area contributed by atoms with Gasteiger partial charge in [-0.1, -0.05) is 56.6 Å². The van der Waals surface area contributed by atoms with Gasteiger partial charge in [0.05, 0.1) is 5.92 Å². The normalized spacial score (nSPS) is 24.8. The molecule has 3 saturated carbocycles. The first-order chi connectivity index (χ1) is 15.1. The molecule has 0 saturated heterocycles. The van der Waals surface area contributed by atoms with Crippen molar-refractivity contribution < 1.29 is 14.3 Å². The van der Waals surface area contributed by atoms with Crippen molar-refractivity contribution in [1.29, 1.82) is 5.26 Å². The average molecular weight is 456 g/mol. The van der Waals surface area contributed by atoms with Crippen LogP contribution in [0.25, 0.3) is 11.1 Å². The number of hydrogen-bond acceptors (Lipinski definition) is 4. The van der Waals surface area contributed by atoms with Gasteiger partial charge in [-0.25, -0.2) is 9.37 Å². The zero-order valence-corrected chi connectivity index (χ0v) is 19.2. The molecule has 2 N–H and O–H groups in total. The molecule has 2 atom stereocenters. The number of anilines is 1. The van der Waals surface area contributed by atoms with Gasteiger partial charge in [0.1, 0.15) is 16.8 Å². The van der Waals surface area contributed by atoms with Gasteiger partial charge in [-0.2, -0.15) is 5.26 Å². The van der Waals surface area contributed by atoms with Crippen molar-refractivity contribution >= 4 is 23.4 Å². The fraction of sp³-hybridized carbons (Fsp3) is 0.480. The second-order valence-electron chi connectivity index (χ2n) is 9.96. The predicted molar refractivity (Wildman–Crippen MR) is 122 cm³/mol. The molecule has 3 fully saturated rings. The molecule has 0 aliphatic heterocycles. The number of pyridine rings is 1. The predicted octanol–water partition coefficient (Wildman–Crippen LogP) is 6.01. The number of benzene rings is 1. The highest BCUT2D eigenvalue weighted by Gasteiger charge is 2.47. The highest BCUT2D eigenvalue weighted by Crippen LogP contribution is 2.47. The summed E-state index contributed by atoms with van der Waals surface area (Å²) in [6.07, 6.45) is 3.60. The molecular formula is C25H27ClFN3O2. The molecule has 3 aliphatic rings. The number of aliphatic carboxylic acids is 1. The maximum Gasteiger partial charge on any atom is 0.308 e. The fourth-order valence-electron chi connectivity index (χ4n) is 5.31. The topological polar surface area (TPSA) is 86.0 Å². The molecular weight excluding hydrogens is 429 g/mol.